The number of carbonyl (C=O) groups is 1. The highest BCUT2D eigenvalue weighted by molar-refractivity contribution is 6.25. The molecule has 0 amide bonds. The van der Waals surface area contributed by atoms with E-state index in [-0.39, 0.29) is 28.9 Å². The minimum atomic E-state index is -0.769. The average molecular weight is 311 g/mol. The number of H-pyrrole nitrogens is 1. The van der Waals surface area contributed by atoms with Crippen molar-refractivity contribution >= 4 is 28.6 Å². The van der Waals surface area contributed by atoms with Crippen LogP contribution < -0.4 is 5.43 Å². The van der Waals surface area contributed by atoms with Crippen molar-refractivity contribution < 1.29 is 13.9 Å². The van der Waals surface area contributed by atoms with Gasteiger partial charge in [-0.2, -0.15) is 0 Å². The standard InChI is InChI=1S/C14H12ClFN2O3/c1-2-21-13(20)8-6-17-12-7(10(8)19)5-9(16)11(18-12)14(15)3-4-14/h5-6H,2-4H2,1H3,(H,17,18,19). The minimum absolute atomic E-state index is 0.00252. The number of rotatable bonds is 3. The molecule has 2 aromatic rings. The number of halogens is 2. The lowest BCUT2D eigenvalue weighted by Crippen LogP contribution is -2.19. The van der Waals surface area contributed by atoms with E-state index >= 15 is 0 Å². The van der Waals surface area contributed by atoms with Gasteiger partial charge in [0.05, 0.1) is 22.6 Å². The van der Waals surface area contributed by atoms with Crippen molar-refractivity contribution in [2.24, 2.45) is 0 Å². The van der Waals surface area contributed by atoms with Gasteiger partial charge in [-0.1, -0.05) is 0 Å². The lowest BCUT2D eigenvalue weighted by molar-refractivity contribution is 0.0524. The van der Waals surface area contributed by atoms with E-state index in [0.29, 0.717) is 12.8 Å². The number of hydrogen-bond acceptors (Lipinski definition) is 4. The molecule has 5 nitrogen and oxygen atoms in total. The summed E-state index contributed by atoms with van der Waals surface area (Å²) in [6, 6.07) is 1.07. The maximum absolute atomic E-state index is 14.1. The van der Waals surface area contributed by atoms with E-state index in [4.69, 9.17) is 16.3 Å². The van der Waals surface area contributed by atoms with Crippen LogP contribution in [0.4, 0.5) is 4.39 Å². The normalized spacial score (nSPS) is 16.0. The number of hydrogen-bond donors (Lipinski definition) is 1. The third-order valence-corrected chi connectivity index (χ3v) is 3.98. The fourth-order valence-electron chi connectivity index (χ4n) is 2.14. The molecule has 110 valence electrons. The number of alkyl halides is 1. The van der Waals surface area contributed by atoms with Crippen LogP contribution in [0.5, 0.6) is 0 Å². The molecule has 0 atom stereocenters. The molecule has 1 saturated carbocycles. The Morgan fingerprint density at radius 2 is 2.29 bits per heavy atom. The van der Waals surface area contributed by atoms with Gasteiger partial charge in [0.25, 0.3) is 0 Å². The second-order valence-electron chi connectivity index (χ2n) is 4.93. The summed E-state index contributed by atoms with van der Waals surface area (Å²) in [5, 5.41) is 0.00252. The highest BCUT2D eigenvalue weighted by atomic mass is 35.5. The Morgan fingerprint density at radius 3 is 2.90 bits per heavy atom. The SMILES string of the molecule is CCOC(=O)c1c[nH]c2nc(C3(Cl)CC3)c(F)cc2c1=O. The second kappa shape index (κ2) is 4.80. The van der Waals surface area contributed by atoms with E-state index < -0.39 is 22.1 Å². The molecule has 0 unspecified atom stereocenters. The van der Waals surface area contributed by atoms with Crippen LogP contribution in [0.3, 0.4) is 0 Å². The second-order valence-corrected chi connectivity index (χ2v) is 5.66. The first-order valence-corrected chi connectivity index (χ1v) is 6.92. The van der Waals surface area contributed by atoms with Gasteiger partial charge in [0.2, 0.25) is 5.43 Å². The lowest BCUT2D eigenvalue weighted by atomic mass is 10.1. The highest BCUT2D eigenvalue weighted by Crippen LogP contribution is 2.52. The molecule has 1 aliphatic rings. The Labute approximate surface area is 124 Å². The summed E-state index contributed by atoms with van der Waals surface area (Å²) in [7, 11) is 0. The molecule has 1 aliphatic carbocycles. The van der Waals surface area contributed by atoms with Gasteiger partial charge < -0.3 is 9.72 Å². The fourth-order valence-corrected chi connectivity index (χ4v) is 2.37. The van der Waals surface area contributed by atoms with Crippen LogP contribution in [0.2, 0.25) is 0 Å². The number of aromatic nitrogens is 2. The van der Waals surface area contributed by atoms with E-state index in [1.165, 1.54) is 6.20 Å². The van der Waals surface area contributed by atoms with Crippen molar-refractivity contribution in [1.29, 1.82) is 0 Å². The smallest absolute Gasteiger partial charge is 0.343 e. The van der Waals surface area contributed by atoms with Crippen molar-refractivity contribution in [2.75, 3.05) is 6.61 Å². The predicted octanol–water partition coefficient (Wildman–Crippen LogP) is 2.47. The van der Waals surface area contributed by atoms with E-state index in [1.54, 1.807) is 6.92 Å². The van der Waals surface area contributed by atoms with E-state index in [1.807, 2.05) is 0 Å². The quantitative estimate of drug-likeness (QED) is 0.698. The molecule has 21 heavy (non-hydrogen) atoms. The Kier molecular flexibility index (Phi) is 3.20. The molecule has 0 saturated heterocycles. The zero-order valence-electron chi connectivity index (χ0n) is 11.2. The van der Waals surface area contributed by atoms with Crippen LogP contribution in [0, 0.1) is 5.82 Å². The van der Waals surface area contributed by atoms with Gasteiger partial charge in [-0.25, -0.2) is 14.2 Å². The molecule has 2 heterocycles. The minimum Gasteiger partial charge on any atom is -0.462 e. The van der Waals surface area contributed by atoms with E-state index in [0.717, 1.165) is 6.07 Å². The molecular formula is C14H12ClFN2O3. The van der Waals surface area contributed by atoms with Crippen molar-refractivity contribution in [3.8, 4) is 0 Å². The summed E-state index contributed by atoms with van der Waals surface area (Å²) in [5.74, 6) is -1.39. The number of nitrogens with one attached hydrogen (secondary N) is 1. The molecule has 3 rings (SSSR count). The molecule has 0 bridgehead atoms. The molecular weight excluding hydrogens is 299 g/mol. The molecule has 2 aromatic heterocycles. The van der Waals surface area contributed by atoms with Crippen molar-refractivity contribution in [2.45, 2.75) is 24.6 Å². The van der Waals surface area contributed by atoms with Crippen molar-refractivity contribution in [3.05, 3.63) is 39.6 Å². The first-order chi connectivity index (χ1) is 9.96. The zero-order valence-corrected chi connectivity index (χ0v) is 12.0. The van der Waals surface area contributed by atoms with Crippen LogP contribution in [0.1, 0.15) is 35.8 Å². The Balaban J connectivity index is 2.17. The van der Waals surface area contributed by atoms with Crippen molar-refractivity contribution in [3.63, 3.8) is 0 Å². The first kappa shape index (κ1) is 14.0. The summed E-state index contributed by atoms with van der Waals surface area (Å²) >= 11 is 6.17. The van der Waals surface area contributed by atoms with E-state index in [9.17, 15) is 14.0 Å². The maximum atomic E-state index is 14.1. The first-order valence-electron chi connectivity index (χ1n) is 6.55. The summed E-state index contributed by atoms with van der Waals surface area (Å²) in [5.41, 5.74) is -0.447. The van der Waals surface area contributed by atoms with Crippen LogP contribution in [0.25, 0.3) is 11.0 Å². The van der Waals surface area contributed by atoms with Gasteiger partial charge in [0, 0.05) is 6.20 Å². The van der Waals surface area contributed by atoms with Crippen LogP contribution in [-0.4, -0.2) is 22.5 Å². The number of pyridine rings is 2. The van der Waals surface area contributed by atoms with Crippen molar-refractivity contribution in [1.82, 2.24) is 9.97 Å². The molecule has 7 heteroatoms. The van der Waals surface area contributed by atoms with Gasteiger partial charge in [-0.05, 0) is 25.8 Å². The van der Waals surface area contributed by atoms with Gasteiger partial charge in [-0.3, -0.25) is 4.79 Å². The molecule has 0 spiro atoms. The number of esters is 1. The molecule has 0 aromatic carbocycles. The van der Waals surface area contributed by atoms with Crippen LogP contribution >= 0.6 is 11.6 Å². The zero-order chi connectivity index (χ0) is 15.2. The van der Waals surface area contributed by atoms with Gasteiger partial charge in [0.15, 0.2) is 0 Å². The molecule has 0 radical (unpaired) electrons. The third-order valence-electron chi connectivity index (χ3n) is 3.43. The van der Waals surface area contributed by atoms with Crippen LogP contribution in [0.15, 0.2) is 17.1 Å². The number of carbonyl (C=O) groups excluding carboxylic acids is 1. The largest absolute Gasteiger partial charge is 0.462 e. The topological polar surface area (TPSA) is 72.1 Å². The maximum Gasteiger partial charge on any atom is 0.343 e. The predicted molar refractivity (Wildman–Crippen MR) is 75.0 cm³/mol. The number of fused-ring (bicyclic) bond motifs is 1. The number of nitrogens with zero attached hydrogens (tertiary/aromatic N) is 1. The summed E-state index contributed by atoms with van der Waals surface area (Å²) < 4.78 is 18.9. The lowest BCUT2D eigenvalue weighted by Gasteiger charge is -2.09. The summed E-state index contributed by atoms with van der Waals surface area (Å²) in [6.07, 6.45) is 2.52. The van der Waals surface area contributed by atoms with Gasteiger partial charge in [-0.15, -0.1) is 11.6 Å². The molecule has 1 N–H and O–H groups in total. The Hall–Kier alpha value is -1.95. The van der Waals surface area contributed by atoms with Crippen LogP contribution in [-0.2, 0) is 9.61 Å². The Morgan fingerprint density at radius 1 is 1.57 bits per heavy atom. The Bertz CT molecular complexity index is 799. The molecule has 1 fully saturated rings. The van der Waals surface area contributed by atoms with E-state index in [2.05, 4.69) is 9.97 Å². The highest BCUT2D eigenvalue weighted by Gasteiger charge is 2.46. The fraction of sp³-hybridized carbons (Fsp3) is 0.357. The van der Waals surface area contributed by atoms with Gasteiger partial charge in [0.1, 0.15) is 17.0 Å². The summed E-state index contributed by atoms with van der Waals surface area (Å²) in [6.45, 7) is 1.78. The monoisotopic (exact) mass is 310 g/mol. The number of aromatic amines is 1. The third kappa shape index (κ3) is 2.29. The average Bonchev–Trinajstić information content (AvgIpc) is 3.18. The summed E-state index contributed by atoms with van der Waals surface area (Å²) in [4.78, 5) is 29.9. The molecule has 0 aliphatic heterocycles. The van der Waals surface area contributed by atoms with Gasteiger partial charge >= 0.3 is 5.97 Å². The number of ether oxygens (including phenoxy) is 1.